The quantitative estimate of drug-likeness (QED) is 0.817. The normalized spacial score (nSPS) is 10.2. The highest BCUT2D eigenvalue weighted by Gasteiger charge is 2.06. The van der Waals surface area contributed by atoms with Crippen LogP contribution in [0.5, 0.6) is 0 Å². The van der Waals surface area contributed by atoms with Crippen LogP contribution in [0.25, 0.3) is 10.8 Å². The minimum atomic E-state index is -0.195. The Kier molecular flexibility index (Phi) is 3.19. The van der Waals surface area contributed by atoms with Crippen LogP contribution >= 0.6 is 0 Å². The molecule has 1 amide bonds. The Balaban J connectivity index is 2.24. The number of rotatable bonds is 3. The minimum Gasteiger partial charge on any atom is -0.349 e. The third kappa shape index (κ3) is 2.69. The number of hydrogen-bond acceptors (Lipinski definition) is 2. The second-order valence-corrected chi connectivity index (χ2v) is 3.89. The summed E-state index contributed by atoms with van der Waals surface area (Å²) in [5.41, 5.74) is 0.623. The monoisotopic (exact) mass is 227 g/mol. The topological polar surface area (TPSA) is 46.2 Å². The Labute approximate surface area is 99.4 Å². The van der Waals surface area contributed by atoms with Gasteiger partial charge in [-0.05, 0) is 16.8 Å². The van der Waals surface area contributed by atoms with E-state index in [4.69, 9.17) is 0 Å². The van der Waals surface area contributed by atoms with Gasteiger partial charge in [-0.25, -0.2) is 0 Å². The van der Waals surface area contributed by atoms with Gasteiger partial charge in [0.05, 0.1) is 6.54 Å². The van der Waals surface area contributed by atoms with Gasteiger partial charge >= 0.3 is 0 Å². The van der Waals surface area contributed by atoms with E-state index in [1.54, 1.807) is 6.07 Å². The van der Waals surface area contributed by atoms with Crippen LogP contribution in [-0.2, 0) is 4.79 Å². The molecule has 0 unspecified atom stereocenters. The van der Waals surface area contributed by atoms with Crippen molar-refractivity contribution >= 4 is 22.5 Å². The average molecular weight is 227 g/mol. The second-order valence-electron chi connectivity index (χ2n) is 3.89. The molecule has 0 bridgehead atoms. The summed E-state index contributed by atoms with van der Waals surface area (Å²) >= 11 is 0. The lowest BCUT2D eigenvalue weighted by molar-refractivity contribution is -0.118. The van der Waals surface area contributed by atoms with Crippen molar-refractivity contribution in [2.45, 2.75) is 6.92 Å². The average Bonchev–Trinajstić information content (AvgIpc) is 2.35. The summed E-state index contributed by atoms with van der Waals surface area (Å²) in [5, 5.41) is 4.63. The number of fused-ring (bicyclic) bond motifs is 1. The van der Waals surface area contributed by atoms with Crippen LogP contribution in [0, 0.1) is 0 Å². The fourth-order valence-electron chi connectivity index (χ4n) is 1.67. The van der Waals surface area contributed by atoms with E-state index in [0.717, 1.165) is 10.8 Å². The number of carbonyl (C=O) groups is 2. The molecule has 0 heterocycles. The molecule has 0 aliphatic heterocycles. The van der Waals surface area contributed by atoms with Crippen LogP contribution in [0.15, 0.2) is 42.5 Å². The molecule has 0 aliphatic rings. The van der Waals surface area contributed by atoms with Gasteiger partial charge in [0.15, 0.2) is 5.78 Å². The van der Waals surface area contributed by atoms with Gasteiger partial charge in [-0.3, -0.25) is 9.59 Å². The van der Waals surface area contributed by atoms with Crippen molar-refractivity contribution in [2.75, 3.05) is 6.54 Å². The molecule has 2 aromatic carbocycles. The predicted molar refractivity (Wildman–Crippen MR) is 67.0 cm³/mol. The maximum absolute atomic E-state index is 11.8. The lowest BCUT2D eigenvalue weighted by atomic mass is 10.0. The Bertz CT molecular complexity index is 575. The molecule has 3 heteroatoms. The largest absolute Gasteiger partial charge is 0.349 e. The first-order valence-electron chi connectivity index (χ1n) is 5.43. The van der Waals surface area contributed by atoms with E-state index >= 15 is 0 Å². The summed E-state index contributed by atoms with van der Waals surface area (Å²) in [5.74, 6) is -0.273. The van der Waals surface area contributed by atoms with Crippen molar-refractivity contribution in [1.29, 1.82) is 0 Å². The van der Waals surface area contributed by atoms with Crippen molar-refractivity contribution in [3.05, 3.63) is 48.0 Å². The Morgan fingerprint density at radius 1 is 1.06 bits per heavy atom. The highest BCUT2D eigenvalue weighted by Crippen LogP contribution is 2.15. The van der Waals surface area contributed by atoms with Gasteiger partial charge in [0.1, 0.15) is 0 Å². The number of carbonyl (C=O) groups excluding carboxylic acids is 2. The molecule has 0 saturated heterocycles. The number of Topliss-reactive ketones (excluding diaryl/α,β-unsaturated/α-hetero) is 1. The molecule has 2 aromatic rings. The van der Waals surface area contributed by atoms with Crippen molar-refractivity contribution < 1.29 is 9.59 Å². The van der Waals surface area contributed by atoms with Crippen LogP contribution in [0.3, 0.4) is 0 Å². The summed E-state index contributed by atoms with van der Waals surface area (Å²) in [4.78, 5) is 22.5. The molecule has 0 radical (unpaired) electrons. The van der Waals surface area contributed by atoms with Crippen molar-refractivity contribution in [2.24, 2.45) is 0 Å². The molecule has 0 atom stereocenters. The third-order valence-electron chi connectivity index (χ3n) is 2.57. The van der Waals surface area contributed by atoms with Gasteiger partial charge in [0.25, 0.3) is 0 Å². The van der Waals surface area contributed by atoms with Crippen LogP contribution in [0.4, 0.5) is 0 Å². The Hall–Kier alpha value is -2.16. The maximum Gasteiger partial charge on any atom is 0.217 e. The first-order chi connectivity index (χ1) is 8.16. The lowest BCUT2D eigenvalue weighted by Crippen LogP contribution is -2.27. The SMILES string of the molecule is CC(=O)NCC(=O)c1ccc2ccccc2c1. The molecule has 86 valence electrons. The van der Waals surface area contributed by atoms with Crippen molar-refractivity contribution in [3.8, 4) is 0 Å². The van der Waals surface area contributed by atoms with Gasteiger partial charge in [-0.15, -0.1) is 0 Å². The number of amides is 1. The van der Waals surface area contributed by atoms with Crippen LogP contribution < -0.4 is 5.32 Å². The number of nitrogens with one attached hydrogen (secondary N) is 1. The van der Waals surface area contributed by atoms with Crippen molar-refractivity contribution in [3.63, 3.8) is 0 Å². The van der Waals surface area contributed by atoms with E-state index in [2.05, 4.69) is 5.32 Å². The van der Waals surface area contributed by atoms with Gasteiger partial charge in [-0.1, -0.05) is 36.4 Å². The van der Waals surface area contributed by atoms with Gasteiger partial charge in [0.2, 0.25) is 5.91 Å². The summed E-state index contributed by atoms with van der Waals surface area (Å²) < 4.78 is 0. The van der Waals surface area contributed by atoms with Gasteiger partial charge < -0.3 is 5.32 Å². The standard InChI is InChI=1S/C14H13NO2/c1-10(16)15-9-14(17)13-7-6-11-4-2-3-5-12(11)8-13/h2-8H,9H2,1H3,(H,15,16). The van der Waals surface area contributed by atoms with Crippen LogP contribution in [-0.4, -0.2) is 18.2 Å². The number of hydrogen-bond donors (Lipinski definition) is 1. The second kappa shape index (κ2) is 4.78. The minimum absolute atomic E-state index is 0.0493. The predicted octanol–water partition coefficient (Wildman–Crippen LogP) is 2.16. The molecule has 0 aromatic heterocycles. The Morgan fingerprint density at radius 3 is 2.47 bits per heavy atom. The molecular weight excluding hydrogens is 214 g/mol. The number of benzene rings is 2. The van der Waals surface area contributed by atoms with E-state index < -0.39 is 0 Å². The lowest BCUT2D eigenvalue weighted by Gasteiger charge is -2.03. The van der Waals surface area contributed by atoms with E-state index in [9.17, 15) is 9.59 Å². The molecule has 0 fully saturated rings. The fourth-order valence-corrected chi connectivity index (χ4v) is 1.67. The summed E-state index contributed by atoms with van der Waals surface area (Å²) in [6.07, 6.45) is 0. The smallest absolute Gasteiger partial charge is 0.217 e. The maximum atomic E-state index is 11.8. The van der Waals surface area contributed by atoms with Crippen LogP contribution in [0.2, 0.25) is 0 Å². The molecule has 17 heavy (non-hydrogen) atoms. The number of ketones is 1. The van der Waals surface area contributed by atoms with Crippen molar-refractivity contribution in [1.82, 2.24) is 5.32 Å². The molecule has 0 saturated carbocycles. The highest BCUT2D eigenvalue weighted by molar-refractivity contribution is 6.02. The first kappa shape index (κ1) is 11.3. The van der Waals surface area contributed by atoms with E-state index in [-0.39, 0.29) is 18.2 Å². The Morgan fingerprint density at radius 2 is 1.76 bits per heavy atom. The van der Waals surface area contributed by atoms with E-state index in [1.807, 2.05) is 36.4 Å². The summed E-state index contributed by atoms with van der Waals surface area (Å²) in [6.45, 7) is 1.45. The molecule has 0 spiro atoms. The van der Waals surface area contributed by atoms with Crippen LogP contribution in [0.1, 0.15) is 17.3 Å². The van der Waals surface area contributed by atoms with E-state index in [0.29, 0.717) is 5.56 Å². The van der Waals surface area contributed by atoms with E-state index in [1.165, 1.54) is 6.92 Å². The third-order valence-corrected chi connectivity index (χ3v) is 2.57. The summed E-state index contributed by atoms with van der Waals surface area (Å²) in [6, 6.07) is 13.4. The summed E-state index contributed by atoms with van der Waals surface area (Å²) in [7, 11) is 0. The first-order valence-corrected chi connectivity index (χ1v) is 5.43. The zero-order chi connectivity index (χ0) is 12.3. The molecule has 2 rings (SSSR count). The molecule has 1 N–H and O–H groups in total. The molecule has 0 aliphatic carbocycles. The van der Waals surface area contributed by atoms with Gasteiger partial charge in [-0.2, -0.15) is 0 Å². The molecule has 3 nitrogen and oxygen atoms in total. The fraction of sp³-hybridized carbons (Fsp3) is 0.143. The zero-order valence-corrected chi connectivity index (χ0v) is 9.57. The highest BCUT2D eigenvalue weighted by atomic mass is 16.2. The zero-order valence-electron chi connectivity index (χ0n) is 9.57. The van der Waals surface area contributed by atoms with Gasteiger partial charge in [0, 0.05) is 12.5 Å². The molecular formula is C14H13NO2.